The Hall–Kier alpha value is -1.76. The molecule has 0 spiro atoms. The Kier molecular flexibility index (Phi) is 2.36. The molecule has 1 atom stereocenters. The van der Waals surface area contributed by atoms with Crippen LogP contribution in [0, 0.1) is 0 Å². The fourth-order valence-corrected chi connectivity index (χ4v) is 1.48. The molecule has 0 aromatic carbocycles. The van der Waals surface area contributed by atoms with Crippen LogP contribution < -0.4 is 0 Å². The molecule has 82 valence electrons. The summed E-state index contributed by atoms with van der Waals surface area (Å²) >= 11 is 0. The van der Waals surface area contributed by atoms with Gasteiger partial charge in [-0.1, -0.05) is 0 Å². The second-order valence-corrected chi connectivity index (χ2v) is 3.50. The minimum atomic E-state index is -2.71. The van der Waals surface area contributed by atoms with Crippen molar-refractivity contribution in [2.45, 2.75) is 24.5 Å². The number of carbonyl (C=O) groups excluding carboxylic acids is 1. The molecule has 1 unspecified atom stereocenters. The number of aliphatic carboxylic acids is 2. The van der Waals surface area contributed by atoms with Crippen LogP contribution in [0.1, 0.15) is 13.3 Å². The van der Waals surface area contributed by atoms with E-state index < -0.39 is 35.3 Å². The molecule has 0 radical (unpaired) electrons. The van der Waals surface area contributed by atoms with Crippen molar-refractivity contribution in [2.24, 2.45) is 4.99 Å². The topological polar surface area (TPSA) is 124 Å². The number of Topliss-reactive ketones (excluding diaryl/α,β-unsaturated/α-hetero) is 1. The lowest BCUT2D eigenvalue weighted by molar-refractivity contribution is -0.171. The average Bonchev–Trinajstić information content (AvgIpc) is 2.00. The highest BCUT2D eigenvalue weighted by atomic mass is 16.4. The predicted octanol–water partition coefficient (Wildman–Crippen LogP) is -1.31. The Balaban J connectivity index is 3.41. The van der Waals surface area contributed by atoms with Crippen LogP contribution in [0.15, 0.2) is 4.99 Å². The molecule has 0 bridgehead atoms. The maximum Gasteiger partial charge on any atom is 0.346 e. The molecule has 7 heteroatoms. The van der Waals surface area contributed by atoms with Crippen molar-refractivity contribution in [3.05, 3.63) is 0 Å². The Morgan fingerprint density at radius 2 is 1.87 bits per heavy atom. The summed E-state index contributed by atoms with van der Waals surface area (Å²) in [5.41, 5.74) is -4.95. The summed E-state index contributed by atoms with van der Waals surface area (Å²) in [6.07, 6.45) is 0.0370. The molecule has 0 aromatic rings. The number of carbonyl (C=O) groups is 3. The first-order chi connectivity index (χ1) is 6.74. The van der Waals surface area contributed by atoms with Gasteiger partial charge in [0, 0.05) is 6.42 Å². The first kappa shape index (κ1) is 11.3. The van der Waals surface area contributed by atoms with Crippen molar-refractivity contribution in [3.63, 3.8) is 0 Å². The lowest BCUT2D eigenvalue weighted by Crippen LogP contribution is -2.64. The number of hydrogen-bond acceptors (Lipinski definition) is 5. The number of aliphatic imine (C=N–C) groups is 1. The van der Waals surface area contributed by atoms with E-state index in [-0.39, 0.29) is 0 Å². The molecule has 0 aromatic heterocycles. The number of carboxylic acids is 2. The highest BCUT2D eigenvalue weighted by Gasteiger charge is 2.62. The Morgan fingerprint density at radius 3 is 2.20 bits per heavy atom. The molecule has 0 aliphatic carbocycles. The van der Waals surface area contributed by atoms with Crippen LogP contribution in [-0.2, 0) is 14.4 Å². The number of nitrogens with zero attached hydrogens (tertiary/aromatic N) is 1. The third kappa shape index (κ3) is 1.40. The van der Waals surface area contributed by atoms with Gasteiger partial charge in [-0.05, 0) is 6.92 Å². The largest absolute Gasteiger partial charge is 0.479 e. The van der Waals surface area contributed by atoms with Crippen molar-refractivity contribution < 1.29 is 29.7 Å². The van der Waals surface area contributed by atoms with Gasteiger partial charge in [0.05, 0.1) is 6.21 Å². The second kappa shape index (κ2) is 3.13. The minimum Gasteiger partial charge on any atom is -0.479 e. The fraction of sp³-hybridized carbons (Fsp3) is 0.500. The molecule has 1 aliphatic rings. The van der Waals surface area contributed by atoms with Crippen molar-refractivity contribution in [1.82, 2.24) is 0 Å². The van der Waals surface area contributed by atoms with Crippen LogP contribution >= 0.6 is 0 Å². The minimum absolute atomic E-state index is 0.588. The van der Waals surface area contributed by atoms with E-state index in [1.165, 1.54) is 0 Å². The van der Waals surface area contributed by atoms with E-state index >= 15 is 0 Å². The van der Waals surface area contributed by atoms with Gasteiger partial charge in [0.2, 0.25) is 0 Å². The summed E-state index contributed by atoms with van der Waals surface area (Å²) in [6, 6.07) is 0. The summed E-state index contributed by atoms with van der Waals surface area (Å²) in [7, 11) is 0. The Labute approximate surface area is 84.1 Å². The predicted molar refractivity (Wildman–Crippen MR) is 46.7 cm³/mol. The van der Waals surface area contributed by atoms with E-state index in [2.05, 4.69) is 4.99 Å². The molecular formula is C8H9NO6. The number of ketones is 1. The van der Waals surface area contributed by atoms with E-state index in [4.69, 9.17) is 10.2 Å². The second-order valence-electron chi connectivity index (χ2n) is 3.50. The van der Waals surface area contributed by atoms with Gasteiger partial charge in [0.15, 0.2) is 5.78 Å². The van der Waals surface area contributed by atoms with Gasteiger partial charge >= 0.3 is 11.9 Å². The quantitative estimate of drug-likeness (QED) is 0.491. The molecule has 7 nitrogen and oxygen atoms in total. The number of hydrogen-bond donors (Lipinski definition) is 3. The van der Waals surface area contributed by atoms with Gasteiger partial charge in [-0.3, -0.25) is 9.79 Å². The molecule has 1 rings (SSSR count). The van der Waals surface area contributed by atoms with Crippen molar-refractivity contribution in [3.8, 4) is 0 Å². The van der Waals surface area contributed by atoms with E-state index in [0.29, 0.717) is 6.21 Å². The van der Waals surface area contributed by atoms with Crippen molar-refractivity contribution in [2.75, 3.05) is 0 Å². The lowest BCUT2D eigenvalue weighted by atomic mass is 9.76. The summed E-state index contributed by atoms with van der Waals surface area (Å²) in [4.78, 5) is 35.8. The lowest BCUT2D eigenvalue weighted by Gasteiger charge is -2.36. The van der Waals surface area contributed by atoms with E-state index in [9.17, 15) is 19.5 Å². The first-order valence-electron chi connectivity index (χ1n) is 4.01. The summed E-state index contributed by atoms with van der Waals surface area (Å²) in [5, 5.41) is 27.3. The molecule has 1 aliphatic heterocycles. The molecule has 15 heavy (non-hydrogen) atoms. The van der Waals surface area contributed by atoms with E-state index in [0.717, 1.165) is 6.92 Å². The Morgan fingerprint density at radius 1 is 1.40 bits per heavy atom. The zero-order chi connectivity index (χ0) is 11.9. The first-order valence-corrected chi connectivity index (χ1v) is 4.01. The SMILES string of the molecule is CC1(O)CC(=O)C=NC1(C(=O)O)C(=O)O. The van der Waals surface area contributed by atoms with Gasteiger partial charge in [-0.15, -0.1) is 0 Å². The maximum absolute atomic E-state index is 10.9. The molecule has 0 saturated carbocycles. The smallest absolute Gasteiger partial charge is 0.346 e. The number of aliphatic hydroxyl groups is 1. The summed E-state index contributed by atoms with van der Waals surface area (Å²) < 4.78 is 0. The molecule has 3 N–H and O–H groups in total. The third-order valence-electron chi connectivity index (χ3n) is 2.32. The third-order valence-corrected chi connectivity index (χ3v) is 2.32. The highest BCUT2D eigenvalue weighted by Crippen LogP contribution is 2.33. The summed E-state index contributed by atoms with van der Waals surface area (Å²) in [5.74, 6) is -4.22. The van der Waals surface area contributed by atoms with Crippen LogP contribution in [0.3, 0.4) is 0 Å². The van der Waals surface area contributed by atoms with Gasteiger partial charge < -0.3 is 15.3 Å². The molecule has 0 amide bonds. The molecule has 0 saturated heterocycles. The van der Waals surface area contributed by atoms with E-state index in [1.807, 2.05) is 0 Å². The number of carboxylic acid groups (broad SMARTS) is 2. The van der Waals surface area contributed by atoms with Crippen LogP contribution in [0.2, 0.25) is 0 Å². The van der Waals surface area contributed by atoms with Gasteiger partial charge in [0.25, 0.3) is 5.54 Å². The fourth-order valence-electron chi connectivity index (χ4n) is 1.48. The van der Waals surface area contributed by atoms with E-state index in [1.54, 1.807) is 0 Å². The zero-order valence-electron chi connectivity index (χ0n) is 7.80. The van der Waals surface area contributed by atoms with Crippen LogP contribution in [0.5, 0.6) is 0 Å². The average molecular weight is 215 g/mol. The van der Waals surface area contributed by atoms with Crippen LogP contribution in [0.4, 0.5) is 0 Å². The standard InChI is InChI=1S/C8H9NO6/c1-7(15)2-4(10)3-9-8(7,5(11)12)6(13)14/h3,15H,2H2,1H3,(H,11,12)(H,13,14). The van der Waals surface area contributed by atoms with Crippen LogP contribution in [0.25, 0.3) is 0 Å². The zero-order valence-corrected chi connectivity index (χ0v) is 7.80. The highest BCUT2D eigenvalue weighted by molar-refractivity contribution is 6.30. The maximum atomic E-state index is 10.9. The Bertz CT molecular complexity index is 355. The number of rotatable bonds is 2. The molecule has 1 heterocycles. The van der Waals surface area contributed by atoms with Crippen LogP contribution in [-0.4, -0.2) is 50.4 Å². The molecular weight excluding hydrogens is 206 g/mol. The van der Waals surface area contributed by atoms with Crippen molar-refractivity contribution in [1.29, 1.82) is 0 Å². The van der Waals surface area contributed by atoms with Gasteiger partial charge in [0.1, 0.15) is 5.60 Å². The monoisotopic (exact) mass is 215 g/mol. The van der Waals surface area contributed by atoms with Crippen molar-refractivity contribution >= 4 is 23.9 Å². The van der Waals surface area contributed by atoms with Gasteiger partial charge in [-0.2, -0.15) is 0 Å². The summed E-state index contributed by atoms with van der Waals surface area (Å²) in [6.45, 7) is 0.962. The normalized spacial score (nSPS) is 28.8. The molecule has 0 fully saturated rings. The van der Waals surface area contributed by atoms with Gasteiger partial charge in [-0.25, -0.2) is 9.59 Å².